The normalized spacial score (nSPS) is 21.2. The van der Waals surface area contributed by atoms with Gasteiger partial charge >= 0.3 is 5.97 Å². The van der Waals surface area contributed by atoms with Gasteiger partial charge < -0.3 is 10.1 Å². The van der Waals surface area contributed by atoms with Crippen molar-refractivity contribution in [2.24, 2.45) is 5.92 Å². The Labute approximate surface area is 134 Å². The van der Waals surface area contributed by atoms with Crippen molar-refractivity contribution in [2.75, 3.05) is 6.61 Å². The molecule has 0 aromatic heterocycles. The first-order valence-electron chi connectivity index (χ1n) is 7.39. The first-order chi connectivity index (χ1) is 10.5. The van der Waals surface area contributed by atoms with E-state index in [-0.39, 0.29) is 22.5 Å². The largest absolute Gasteiger partial charge is 0.452 e. The van der Waals surface area contributed by atoms with Gasteiger partial charge in [-0.25, -0.2) is 9.18 Å². The lowest BCUT2D eigenvalue weighted by atomic mass is 9.86. The van der Waals surface area contributed by atoms with Crippen molar-refractivity contribution in [3.8, 4) is 0 Å². The van der Waals surface area contributed by atoms with E-state index in [1.807, 2.05) is 0 Å². The van der Waals surface area contributed by atoms with Crippen LogP contribution in [0.1, 0.15) is 43.0 Å². The first kappa shape index (κ1) is 16.7. The third-order valence-corrected chi connectivity index (χ3v) is 4.27. The molecule has 120 valence electrons. The number of carbonyl (C=O) groups is 2. The number of halogens is 2. The summed E-state index contributed by atoms with van der Waals surface area (Å²) in [5, 5.41) is 2.83. The van der Waals surface area contributed by atoms with Crippen molar-refractivity contribution in [3.05, 3.63) is 34.6 Å². The minimum atomic E-state index is -0.935. The van der Waals surface area contributed by atoms with E-state index in [0.717, 1.165) is 25.3 Å². The number of benzene rings is 1. The van der Waals surface area contributed by atoms with Gasteiger partial charge in [0.2, 0.25) is 0 Å². The zero-order valence-corrected chi connectivity index (χ0v) is 13.2. The number of esters is 1. The number of rotatable bonds is 4. The van der Waals surface area contributed by atoms with E-state index in [1.54, 1.807) is 0 Å². The van der Waals surface area contributed by atoms with Gasteiger partial charge in [0.1, 0.15) is 11.4 Å². The molecule has 0 spiro atoms. The molecule has 0 bridgehead atoms. The molecule has 22 heavy (non-hydrogen) atoms. The van der Waals surface area contributed by atoms with Crippen LogP contribution in [0.4, 0.5) is 4.39 Å². The topological polar surface area (TPSA) is 55.4 Å². The second kappa shape index (κ2) is 7.58. The molecule has 1 N–H and O–H groups in total. The molecule has 1 amide bonds. The van der Waals surface area contributed by atoms with Crippen LogP contribution in [0.2, 0.25) is 5.02 Å². The summed E-state index contributed by atoms with van der Waals surface area (Å²) in [5.74, 6) is -1.66. The summed E-state index contributed by atoms with van der Waals surface area (Å²) in [7, 11) is 0. The Morgan fingerprint density at radius 2 is 2.09 bits per heavy atom. The maximum atomic E-state index is 13.6. The highest BCUT2D eigenvalue weighted by atomic mass is 35.5. The Morgan fingerprint density at radius 1 is 1.36 bits per heavy atom. The van der Waals surface area contributed by atoms with Crippen LogP contribution in [-0.2, 0) is 9.53 Å². The Kier molecular flexibility index (Phi) is 5.77. The maximum Gasteiger partial charge on any atom is 0.343 e. The van der Waals surface area contributed by atoms with E-state index in [9.17, 15) is 14.0 Å². The zero-order chi connectivity index (χ0) is 16.1. The molecule has 0 radical (unpaired) electrons. The summed E-state index contributed by atoms with van der Waals surface area (Å²) >= 11 is 5.77. The molecule has 0 aliphatic heterocycles. The smallest absolute Gasteiger partial charge is 0.343 e. The van der Waals surface area contributed by atoms with E-state index in [4.69, 9.17) is 16.3 Å². The zero-order valence-electron chi connectivity index (χ0n) is 12.4. The summed E-state index contributed by atoms with van der Waals surface area (Å²) in [6.45, 7) is 1.65. The Hall–Kier alpha value is -1.62. The molecule has 0 heterocycles. The van der Waals surface area contributed by atoms with Crippen LogP contribution in [0.3, 0.4) is 0 Å². The van der Waals surface area contributed by atoms with Gasteiger partial charge in [-0.1, -0.05) is 37.4 Å². The molecule has 1 aromatic carbocycles. The number of ether oxygens (including phenoxy) is 1. The predicted molar refractivity (Wildman–Crippen MR) is 81.3 cm³/mol. The number of carbonyl (C=O) groups excluding carboxylic acids is 2. The molecular weight excluding hydrogens is 309 g/mol. The SMILES string of the molecule is C[C@H]1CCCC[C@@H]1NC(=O)COC(=O)c1c(F)cccc1Cl. The fraction of sp³-hybridized carbons (Fsp3) is 0.500. The van der Waals surface area contributed by atoms with Crippen molar-refractivity contribution < 1.29 is 18.7 Å². The van der Waals surface area contributed by atoms with Crippen LogP contribution in [0.5, 0.6) is 0 Å². The average Bonchev–Trinajstić information content (AvgIpc) is 2.47. The molecule has 1 aliphatic carbocycles. The lowest BCUT2D eigenvalue weighted by molar-refractivity contribution is -0.125. The molecule has 0 unspecified atom stereocenters. The van der Waals surface area contributed by atoms with Crippen LogP contribution in [0, 0.1) is 11.7 Å². The van der Waals surface area contributed by atoms with Gasteiger partial charge in [0.05, 0.1) is 5.02 Å². The van der Waals surface area contributed by atoms with Gasteiger partial charge in [0, 0.05) is 6.04 Å². The van der Waals surface area contributed by atoms with Crippen molar-refractivity contribution >= 4 is 23.5 Å². The fourth-order valence-corrected chi connectivity index (χ4v) is 2.92. The molecule has 1 aromatic rings. The van der Waals surface area contributed by atoms with Crippen LogP contribution in [0.15, 0.2) is 18.2 Å². The van der Waals surface area contributed by atoms with E-state index < -0.39 is 18.4 Å². The summed E-state index contributed by atoms with van der Waals surface area (Å²) in [6, 6.07) is 4.01. The highest BCUT2D eigenvalue weighted by molar-refractivity contribution is 6.33. The van der Waals surface area contributed by atoms with Crippen LogP contribution >= 0.6 is 11.6 Å². The van der Waals surface area contributed by atoms with E-state index in [0.29, 0.717) is 5.92 Å². The van der Waals surface area contributed by atoms with E-state index in [1.165, 1.54) is 18.6 Å². The lowest BCUT2D eigenvalue weighted by Crippen LogP contribution is -2.42. The Morgan fingerprint density at radius 3 is 2.77 bits per heavy atom. The van der Waals surface area contributed by atoms with Gasteiger partial charge in [-0.2, -0.15) is 0 Å². The summed E-state index contributed by atoms with van der Waals surface area (Å²) in [6.07, 6.45) is 4.27. The standard InChI is InChI=1S/C16H19ClFNO3/c1-10-5-2-3-8-13(10)19-14(20)9-22-16(21)15-11(17)6-4-7-12(15)18/h4,6-7,10,13H,2-3,5,8-9H2,1H3,(H,19,20)/t10-,13-/m0/s1. The molecule has 6 heteroatoms. The van der Waals surface area contributed by atoms with E-state index >= 15 is 0 Å². The molecule has 0 saturated heterocycles. The highest BCUT2D eigenvalue weighted by Crippen LogP contribution is 2.23. The monoisotopic (exact) mass is 327 g/mol. The number of hydrogen-bond donors (Lipinski definition) is 1. The van der Waals surface area contributed by atoms with Gasteiger partial charge in [0.15, 0.2) is 6.61 Å². The van der Waals surface area contributed by atoms with Crippen molar-refractivity contribution in [2.45, 2.75) is 38.6 Å². The molecule has 1 saturated carbocycles. The van der Waals surface area contributed by atoms with E-state index in [2.05, 4.69) is 12.2 Å². The summed E-state index contributed by atoms with van der Waals surface area (Å²) < 4.78 is 18.4. The predicted octanol–water partition coefficient (Wildman–Crippen LogP) is 3.33. The van der Waals surface area contributed by atoms with Crippen molar-refractivity contribution in [1.82, 2.24) is 5.32 Å². The molecule has 1 fully saturated rings. The lowest BCUT2D eigenvalue weighted by Gasteiger charge is -2.29. The quantitative estimate of drug-likeness (QED) is 0.863. The van der Waals surface area contributed by atoms with Crippen LogP contribution in [-0.4, -0.2) is 24.5 Å². The number of hydrogen-bond acceptors (Lipinski definition) is 3. The fourth-order valence-electron chi connectivity index (χ4n) is 2.68. The molecule has 2 rings (SSSR count). The molecular formula is C16H19ClFNO3. The summed E-state index contributed by atoms with van der Waals surface area (Å²) in [5.41, 5.74) is -0.344. The molecule has 1 aliphatic rings. The minimum absolute atomic E-state index is 0.0358. The second-order valence-corrected chi connectivity index (χ2v) is 6.02. The highest BCUT2D eigenvalue weighted by Gasteiger charge is 2.24. The van der Waals surface area contributed by atoms with Crippen LogP contribution in [0.25, 0.3) is 0 Å². The van der Waals surface area contributed by atoms with Gasteiger partial charge in [-0.3, -0.25) is 4.79 Å². The molecule has 4 nitrogen and oxygen atoms in total. The van der Waals surface area contributed by atoms with Gasteiger partial charge in [-0.15, -0.1) is 0 Å². The molecule has 2 atom stereocenters. The maximum absolute atomic E-state index is 13.6. The third-order valence-electron chi connectivity index (χ3n) is 3.96. The summed E-state index contributed by atoms with van der Waals surface area (Å²) in [4.78, 5) is 23.7. The first-order valence-corrected chi connectivity index (χ1v) is 7.77. The second-order valence-electron chi connectivity index (χ2n) is 5.61. The van der Waals surface area contributed by atoms with Crippen molar-refractivity contribution in [1.29, 1.82) is 0 Å². The number of amides is 1. The third kappa shape index (κ3) is 4.19. The van der Waals surface area contributed by atoms with Gasteiger partial charge in [-0.05, 0) is 30.9 Å². The van der Waals surface area contributed by atoms with Crippen molar-refractivity contribution in [3.63, 3.8) is 0 Å². The average molecular weight is 328 g/mol. The van der Waals surface area contributed by atoms with Gasteiger partial charge in [0.25, 0.3) is 5.91 Å². The number of nitrogens with one attached hydrogen (secondary N) is 1. The minimum Gasteiger partial charge on any atom is -0.452 e. The Bertz CT molecular complexity index is 544. The van der Waals surface area contributed by atoms with Crippen LogP contribution < -0.4 is 5.32 Å². The Balaban J connectivity index is 1.87.